The minimum Gasteiger partial charge on any atom is -0.456 e. The first-order valence-corrected chi connectivity index (χ1v) is 7.21. The molecule has 0 radical (unpaired) electrons. The fourth-order valence-electron chi connectivity index (χ4n) is 2.64. The van der Waals surface area contributed by atoms with Crippen molar-refractivity contribution < 1.29 is 14.0 Å². The van der Waals surface area contributed by atoms with Crippen LogP contribution in [0, 0.1) is 6.92 Å². The summed E-state index contributed by atoms with van der Waals surface area (Å²) in [6.07, 6.45) is 2.65. The van der Waals surface area contributed by atoms with Crippen molar-refractivity contribution in [1.29, 1.82) is 0 Å². The minimum absolute atomic E-state index is 0.0927. The van der Waals surface area contributed by atoms with E-state index in [1.165, 1.54) is 6.92 Å². The molecule has 3 rings (SSSR count). The van der Waals surface area contributed by atoms with Crippen LogP contribution in [-0.2, 0) is 4.79 Å². The molecule has 3 heterocycles. The summed E-state index contributed by atoms with van der Waals surface area (Å²) in [5, 5.41) is 6.97. The summed E-state index contributed by atoms with van der Waals surface area (Å²) < 4.78 is 7.18. The zero-order valence-corrected chi connectivity index (χ0v) is 12.6. The molecule has 116 valence electrons. The monoisotopic (exact) mass is 302 g/mol. The molecule has 0 spiro atoms. The first kappa shape index (κ1) is 14.4. The predicted molar refractivity (Wildman–Crippen MR) is 79.5 cm³/mol. The molecule has 2 aromatic rings. The number of nitrogens with one attached hydrogen (secondary N) is 1. The van der Waals surface area contributed by atoms with E-state index in [9.17, 15) is 9.59 Å². The summed E-state index contributed by atoms with van der Waals surface area (Å²) in [4.78, 5) is 25.1. The zero-order chi connectivity index (χ0) is 15.7. The summed E-state index contributed by atoms with van der Waals surface area (Å²) in [5.41, 5.74) is 0. The molecule has 1 unspecified atom stereocenters. The molecule has 1 N–H and O–H groups in total. The van der Waals surface area contributed by atoms with Crippen molar-refractivity contribution >= 4 is 17.6 Å². The second-order valence-electron chi connectivity index (χ2n) is 5.47. The van der Waals surface area contributed by atoms with Crippen LogP contribution in [0.25, 0.3) is 0 Å². The number of rotatable bonds is 3. The van der Waals surface area contributed by atoms with Crippen molar-refractivity contribution in [3.63, 3.8) is 0 Å². The lowest BCUT2D eigenvalue weighted by Gasteiger charge is -2.15. The van der Waals surface area contributed by atoms with E-state index in [2.05, 4.69) is 10.4 Å². The zero-order valence-electron chi connectivity index (χ0n) is 12.6. The number of anilines is 1. The van der Waals surface area contributed by atoms with E-state index in [4.69, 9.17) is 4.42 Å². The number of aromatic nitrogens is 2. The molecule has 22 heavy (non-hydrogen) atoms. The fourth-order valence-corrected chi connectivity index (χ4v) is 2.64. The average Bonchev–Trinajstić information content (AvgIpc) is 3.16. The van der Waals surface area contributed by atoms with E-state index in [0.29, 0.717) is 24.7 Å². The third-order valence-electron chi connectivity index (χ3n) is 3.69. The van der Waals surface area contributed by atoms with Crippen molar-refractivity contribution in [3.8, 4) is 0 Å². The molecule has 1 fully saturated rings. The van der Waals surface area contributed by atoms with Gasteiger partial charge in [-0.3, -0.25) is 14.3 Å². The Balaban J connectivity index is 1.65. The molecule has 1 aliphatic rings. The number of carbonyl (C=O) groups excluding carboxylic acids is 2. The summed E-state index contributed by atoms with van der Waals surface area (Å²) in [5.74, 6) is 1.38. The van der Waals surface area contributed by atoms with Crippen LogP contribution in [0.3, 0.4) is 0 Å². The third-order valence-corrected chi connectivity index (χ3v) is 3.69. The maximum absolute atomic E-state index is 12.3. The molecule has 1 aliphatic heterocycles. The summed E-state index contributed by atoms with van der Waals surface area (Å²) in [6.45, 7) is 4.51. The van der Waals surface area contributed by atoms with Crippen molar-refractivity contribution in [2.24, 2.45) is 0 Å². The van der Waals surface area contributed by atoms with Gasteiger partial charge in [-0.05, 0) is 25.5 Å². The van der Waals surface area contributed by atoms with Crippen LogP contribution in [0.1, 0.15) is 35.7 Å². The number of furan rings is 1. The van der Waals surface area contributed by atoms with Crippen molar-refractivity contribution in [3.05, 3.63) is 35.9 Å². The van der Waals surface area contributed by atoms with E-state index < -0.39 is 0 Å². The smallest absolute Gasteiger partial charge is 0.289 e. The van der Waals surface area contributed by atoms with Gasteiger partial charge in [0.05, 0.1) is 6.04 Å². The van der Waals surface area contributed by atoms with Gasteiger partial charge in [0.25, 0.3) is 5.91 Å². The topological polar surface area (TPSA) is 80.4 Å². The van der Waals surface area contributed by atoms with Crippen molar-refractivity contribution in [2.45, 2.75) is 26.3 Å². The van der Waals surface area contributed by atoms with E-state index in [-0.39, 0.29) is 17.9 Å². The SMILES string of the molecule is CC(=O)Nc1ccn(C2CCN(C(=O)c3ccc(C)o3)C2)n1. The Kier molecular flexibility index (Phi) is 3.70. The average molecular weight is 302 g/mol. The fraction of sp³-hybridized carbons (Fsp3) is 0.400. The van der Waals surface area contributed by atoms with Gasteiger partial charge >= 0.3 is 0 Å². The van der Waals surface area contributed by atoms with Gasteiger partial charge in [-0.25, -0.2) is 0 Å². The first-order valence-electron chi connectivity index (χ1n) is 7.21. The lowest BCUT2D eigenvalue weighted by molar-refractivity contribution is -0.114. The molecule has 0 aliphatic carbocycles. The highest BCUT2D eigenvalue weighted by atomic mass is 16.3. The van der Waals surface area contributed by atoms with Gasteiger partial charge in [0.2, 0.25) is 5.91 Å². The Morgan fingerprint density at radius 2 is 2.18 bits per heavy atom. The highest BCUT2D eigenvalue weighted by Gasteiger charge is 2.29. The minimum atomic E-state index is -0.151. The lowest BCUT2D eigenvalue weighted by Crippen LogP contribution is -2.28. The summed E-state index contributed by atoms with van der Waals surface area (Å²) >= 11 is 0. The highest BCUT2D eigenvalue weighted by Crippen LogP contribution is 2.24. The maximum Gasteiger partial charge on any atom is 0.289 e. The van der Waals surface area contributed by atoms with Crippen molar-refractivity contribution in [2.75, 3.05) is 18.4 Å². The Bertz CT molecular complexity index is 703. The second-order valence-corrected chi connectivity index (χ2v) is 5.47. The number of nitrogens with zero attached hydrogens (tertiary/aromatic N) is 3. The van der Waals surface area contributed by atoms with Crippen LogP contribution >= 0.6 is 0 Å². The maximum atomic E-state index is 12.3. The van der Waals surface area contributed by atoms with Crippen LogP contribution in [-0.4, -0.2) is 39.6 Å². The van der Waals surface area contributed by atoms with E-state index >= 15 is 0 Å². The molecule has 0 bridgehead atoms. The van der Waals surface area contributed by atoms with Crippen LogP contribution in [0.2, 0.25) is 0 Å². The van der Waals surface area contributed by atoms with E-state index in [1.54, 1.807) is 27.8 Å². The van der Waals surface area contributed by atoms with Gasteiger partial charge in [-0.1, -0.05) is 0 Å². The third kappa shape index (κ3) is 2.88. The largest absolute Gasteiger partial charge is 0.456 e. The molecule has 0 aromatic carbocycles. The number of carbonyl (C=O) groups is 2. The second kappa shape index (κ2) is 5.67. The van der Waals surface area contributed by atoms with Gasteiger partial charge in [-0.2, -0.15) is 5.10 Å². The number of aryl methyl sites for hydroxylation is 1. The van der Waals surface area contributed by atoms with Crippen molar-refractivity contribution in [1.82, 2.24) is 14.7 Å². The molecule has 0 saturated carbocycles. The predicted octanol–water partition coefficient (Wildman–Crippen LogP) is 1.83. The molecular formula is C15H18N4O3. The molecule has 7 heteroatoms. The Labute approximate surface area is 127 Å². The molecule has 2 aromatic heterocycles. The molecular weight excluding hydrogens is 284 g/mol. The summed E-state index contributed by atoms with van der Waals surface area (Å²) in [7, 11) is 0. The molecule has 2 amide bonds. The quantitative estimate of drug-likeness (QED) is 0.938. The van der Waals surface area contributed by atoms with Crippen LogP contribution < -0.4 is 5.32 Å². The number of amides is 2. The van der Waals surface area contributed by atoms with Gasteiger partial charge in [0, 0.05) is 32.3 Å². The van der Waals surface area contributed by atoms with Gasteiger partial charge in [0.15, 0.2) is 11.6 Å². The molecule has 7 nitrogen and oxygen atoms in total. The van der Waals surface area contributed by atoms with Crippen LogP contribution in [0.5, 0.6) is 0 Å². The molecule has 1 saturated heterocycles. The lowest BCUT2D eigenvalue weighted by atomic mass is 10.3. The standard InChI is InChI=1S/C15H18N4O3/c1-10-3-4-13(22-10)15(21)18-7-5-12(9-18)19-8-6-14(17-19)16-11(2)20/h3-4,6,8,12H,5,7,9H2,1-2H3,(H,16,17,20). The van der Waals surface area contributed by atoms with Gasteiger partial charge in [-0.15, -0.1) is 0 Å². The summed E-state index contributed by atoms with van der Waals surface area (Å²) in [6, 6.07) is 5.35. The van der Waals surface area contributed by atoms with E-state index in [1.807, 2.05) is 13.1 Å². The Morgan fingerprint density at radius 1 is 1.36 bits per heavy atom. The number of hydrogen-bond acceptors (Lipinski definition) is 4. The molecule has 1 atom stereocenters. The normalized spacial score (nSPS) is 17.7. The highest BCUT2D eigenvalue weighted by molar-refractivity contribution is 5.91. The van der Waals surface area contributed by atoms with Crippen LogP contribution in [0.15, 0.2) is 28.8 Å². The number of likely N-dealkylation sites (tertiary alicyclic amines) is 1. The first-order chi connectivity index (χ1) is 10.5. The van der Waals surface area contributed by atoms with Gasteiger partial charge in [0.1, 0.15) is 5.76 Å². The Morgan fingerprint density at radius 3 is 2.86 bits per heavy atom. The number of hydrogen-bond donors (Lipinski definition) is 1. The van der Waals surface area contributed by atoms with Gasteiger partial charge < -0.3 is 14.6 Å². The Hall–Kier alpha value is -2.57. The van der Waals surface area contributed by atoms with Crippen LogP contribution in [0.4, 0.5) is 5.82 Å². The van der Waals surface area contributed by atoms with E-state index in [0.717, 1.165) is 12.2 Å².